The Morgan fingerprint density at radius 2 is 1.81 bits per heavy atom. The lowest BCUT2D eigenvalue weighted by atomic mass is 10.0. The van der Waals surface area contributed by atoms with Crippen LogP contribution in [0.15, 0.2) is 36.4 Å². The SMILES string of the molecule is [C-]#[N+]c1ccc(N2C(=O)C(C)(C)N(c3ccc(Cl)c(CC(=O)OC[C@@H](O)[C@H](O)CO)c3)C2=S)cc1Cl. The summed E-state index contributed by atoms with van der Waals surface area (Å²) in [6.07, 6.45) is -3.12. The van der Waals surface area contributed by atoms with E-state index in [0.717, 1.165) is 0 Å². The molecule has 0 aliphatic carbocycles. The molecular formula is C24H23Cl2N3O6S. The number of thiocarbonyl (C=S) groups is 1. The van der Waals surface area contributed by atoms with Gasteiger partial charge >= 0.3 is 5.97 Å². The van der Waals surface area contributed by atoms with Crippen molar-refractivity contribution in [3.63, 3.8) is 0 Å². The van der Waals surface area contributed by atoms with Crippen LogP contribution in [-0.2, 0) is 20.7 Å². The van der Waals surface area contributed by atoms with E-state index < -0.39 is 36.9 Å². The predicted molar refractivity (Wildman–Crippen MR) is 140 cm³/mol. The third-order valence-electron chi connectivity index (χ3n) is 5.65. The number of carbonyl (C=O) groups excluding carboxylic acids is 2. The minimum absolute atomic E-state index is 0.175. The Labute approximate surface area is 223 Å². The van der Waals surface area contributed by atoms with Crippen molar-refractivity contribution < 1.29 is 29.6 Å². The molecule has 1 amide bonds. The summed E-state index contributed by atoms with van der Waals surface area (Å²) in [5, 5.41) is 28.6. The van der Waals surface area contributed by atoms with Gasteiger partial charge in [0, 0.05) is 15.7 Å². The van der Waals surface area contributed by atoms with Gasteiger partial charge in [0.1, 0.15) is 24.4 Å². The molecule has 0 spiro atoms. The fraction of sp³-hybridized carbons (Fsp3) is 0.333. The number of halogens is 2. The van der Waals surface area contributed by atoms with Crippen molar-refractivity contribution >= 4 is 69.5 Å². The van der Waals surface area contributed by atoms with Gasteiger partial charge in [0.25, 0.3) is 5.91 Å². The fourth-order valence-corrected chi connectivity index (χ4v) is 4.56. The molecule has 9 nitrogen and oxygen atoms in total. The molecule has 3 N–H and O–H groups in total. The van der Waals surface area contributed by atoms with E-state index >= 15 is 0 Å². The standard InChI is InChI=1S/C24H23Cl2N3O6S/c1-24(2)22(34)28(14-5-7-18(27-3)17(26)10-14)23(36)29(24)15-4-6-16(25)13(8-15)9-21(33)35-12-20(32)19(31)11-30/h4-8,10,19-20,30-32H,9,11-12H2,1-2H3/t19-,20-/m1/s1. The first-order valence-corrected chi connectivity index (χ1v) is 11.9. The Balaban J connectivity index is 1.87. The van der Waals surface area contributed by atoms with Gasteiger partial charge in [-0.15, -0.1) is 0 Å². The molecule has 1 heterocycles. The monoisotopic (exact) mass is 551 g/mol. The molecule has 0 radical (unpaired) electrons. The molecule has 0 saturated carbocycles. The number of rotatable bonds is 8. The van der Waals surface area contributed by atoms with Crippen LogP contribution in [-0.4, -0.2) is 63.3 Å². The highest BCUT2D eigenvalue weighted by molar-refractivity contribution is 7.81. The van der Waals surface area contributed by atoms with E-state index in [4.69, 9.17) is 51.8 Å². The number of esters is 1. The number of aliphatic hydroxyl groups excluding tert-OH is 3. The average molecular weight is 552 g/mol. The summed E-state index contributed by atoms with van der Waals surface area (Å²) >= 11 is 18.1. The number of benzene rings is 2. The van der Waals surface area contributed by atoms with Crippen LogP contribution in [0.2, 0.25) is 10.0 Å². The quantitative estimate of drug-likeness (QED) is 0.260. The van der Waals surface area contributed by atoms with E-state index in [1.54, 1.807) is 43.0 Å². The number of amides is 1. The first-order valence-electron chi connectivity index (χ1n) is 10.7. The van der Waals surface area contributed by atoms with Crippen molar-refractivity contribution in [1.29, 1.82) is 0 Å². The first kappa shape index (κ1) is 27.8. The lowest BCUT2D eigenvalue weighted by molar-refractivity contribution is -0.148. The molecule has 2 aromatic rings. The van der Waals surface area contributed by atoms with Crippen LogP contribution in [0.4, 0.5) is 17.1 Å². The maximum atomic E-state index is 13.4. The van der Waals surface area contributed by atoms with Gasteiger partial charge in [-0.2, -0.15) is 0 Å². The number of hydrogen-bond donors (Lipinski definition) is 3. The second-order valence-corrected chi connectivity index (χ2v) is 9.70. The van der Waals surface area contributed by atoms with Crippen LogP contribution in [0, 0.1) is 6.57 Å². The topological polar surface area (TPSA) is 115 Å². The highest BCUT2D eigenvalue weighted by atomic mass is 35.5. The second kappa shape index (κ2) is 11.1. The van der Waals surface area contributed by atoms with Gasteiger partial charge in [-0.3, -0.25) is 14.5 Å². The lowest BCUT2D eigenvalue weighted by Crippen LogP contribution is -2.44. The average Bonchev–Trinajstić information content (AvgIpc) is 3.01. The Hall–Kier alpha value is -2.78. The van der Waals surface area contributed by atoms with E-state index in [9.17, 15) is 19.8 Å². The highest BCUT2D eigenvalue weighted by Gasteiger charge is 2.50. The summed E-state index contributed by atoms with van der Waals surface area (Å²) in [5.74, 6) is -1.03. The predicted octanol–water partition coefficient (Wildman–Crippen LogP) is 3.26. The molecule has 2 aromatic carbocycles. The van der Waals surface area contributed by atoms with Crippen molar-refractivity contribution in [3.8, 4) is 0 Å². The number of ether oxygens (including phenoxy) is 1. The first-order chi connectivity index (χ1) is 16.9. The zero-order valence-corrected chi connectivity index (χ0v) is 21.6. The van der Waals surface area contributed by atoms with Gasteiger partial charge in [-0.05, 0) is 62.0 Å². The van der Waals surface area contributed by atoms with E-state index in [1.165, 1.54) is 17.0 Å². The Kier molecular flexibility index (Phi) is 8.56. The second-order valence-electron chi connectivity index (χ2n) is 8.52. The maximum absolute atomic E-state index is 13.4. The van der Waals surface area contributed by atoms with Gasteiger partial charge < -0.3 is 25.0 Å². The van der Waals surface area contributed by atoms with Gasteiger partial charge in [0.15, 0.2) is 5.11 Å². The molecule has 0 bridgehead atoms. The van der Waals surface area contributed by atoms with Gasteiger partial charge in [0.05, 0.1) is 25.3 Å². The van der Waals surface area contributed by atoms with Crippen LogP contribution in [0.5, 0.6) is 0 Å². The van der Waals surface area contributed by atoms with E-state index in [0.29, 0.717) is 16.9 Å². The fourth-order valence-electron chi connectivity index (χ4n) is 3.63. The van der Waals surface area contributed by atoms with Gasteiger partial charge in [-0.25, -0.2) is 4.85 Å². The molecule has 190 valence electrons. The summed E-state index contributed by atoms with van der Waals surface area (Å²) in [4.78, 5) is 32.0. The summed E-state index contributed by atoms with van der Waals surface area (Å²) < 4.78 is 4.98. The van der Waals surface area contributed by atoms with Gasteiger partial charge in [-0.1, -0.05) is 29.3 Å². The molecule has 3 rings (SSSR count). The zero-order valence-electron chi connectivity index (χ0n) is 19.3. The zero-order chi connectivity index (χ0) is 26.8. The molecular weight excluding hydrogens is 529 g/mol. The van der Waals surface area contributed by atoms with E-state index in [1.807, 2.05) is 0 Å². The summed E-state index contributed by atoms with van der Waals surface area (Å²) in [5.41, 5.74) is 0.470. The molecule has 1 saturated heterocycles. The van der Waals surface area contributed by atoms with Crippen molar-refractivity contribution in [2.24, 2.45) is 0 Å². The molecule has 36 heavy (non-hydrogen) atoms. The van der Waals surface area contributed by atoms with Crippen LogP contribution < -0.4 is 9.80 Å². The third kappa shape index (κ3) is 5.47. The minimum Gasteiger partial charge on any atom is -0.463 e. The molecule has 0 unspecified atom stereocenters. The smallest absolute Gasteiger partial charge is 0.310 e. The van der Waals surface area contributed by atoms with Crippen molar-refractivity contribution in [2.45, 2.75) is 38.0 Å². The van der Waals surface area contributed by atoms with Crippen molar-refractivity contribution in [3.05, 3.63) is 63.4 Å². The Morgan fingerprint density at radius 3 is 2.42 bits per heavy atom. The molecule has 0 aromatic heterocycles. The summed E-state index contributed by atoms with van der Waals surface area (Å²) in [6, 6.07) is 9.45. The number of aliphatic hydroxyl groups is 3. The maximum Gasteiger partial charge on any atom is 0.310 e. The summed E-state index contributed by atoms with van der Waals surface area (Å²) in [7, 11) is 0. The molecule has 2 atom stereocenters. The van der Waals surface area contributed by atoms with Gasteiger partial charge in [0.2, 0.25) is 5.69 Å². The largest absolute Gasteiger partial charge is 0.463 e. The minimum atomic E-state index is -1.43. The number of nitrogens with zero attached hydrogens (tertiary/aromatic N) is 3. The Morgan fingerprint density at radius 1 is 1.14 bits per heavy atom. The van der Waals surface area contributed by atoms with Crippen molar-refractivity contribution in [2.75, 3.05) is 23.0 Å². The van der Waals surface area contributed by atoms with E-state index in [-0.39, 0.29) is 33.2 Å². The summed E-state index contributed by atoms with van der Waals surface area (Å²) in [6.45, 7) is 9.39. The lowest BCUT2D eigenvalue weighted by Gasteiger charge is -2.30. The normalized spacial score (nSPS) is 16.6. The van der Waals surface area contributed by atoms with Crippen LogP contribution in [0.1, 0.15) is 19.4 Å². The highest BCUT2D eigenvalue weighted by Crippen LogP contribution is 2.39. The molecule has 12 heteroatoms. The van der Waals surface area contributed by atoms with Crippen molar-refractivity contribution in [1.82, 2.24) is 0 Å². The van der Waals surface area contributed by atoms with Crippen LogP contribution >= 0.6 is 35.4 Å². The molecule has 1 aliphatic heterocycles. The number of anilines is 2. The van der Waals surface area contributed by atoms with E-state index in [2.05, 4.69) is 4.85 Å². The molecule has 1 aliphatic rings. The number of hydrogen-bond acceptors (Lipinski definition) is 7. The Bertz CT molecular complexity index is 1250. The molecule has 1 fully saturated rings. The van der Waals surface area contributed by atoms with Crippen LogP contribution in [0.25, 0.3) is 4.85 Å². The third-order valence-corrected chi connectivity index (χ3v) is 6.68. The number of carbonyl (C=O) groups is 2. The van der Waals surface area contributed by atoms with Crippen LogP contribution in [0.3, 0.4) is 0 Å².